The third kappa shape index (κ3) is 1.61. The summed E-state index contributed by atoms with van der Waals surface area (Å²) in [6.45, 7) is 1.87. The minimum Gasteiger partial charge on any atom is -0.460 e. The number of rotatable bonds is 2. The zero-order chi connectivity index (χ0) is 10.0. The number of nitrogen functional groups attached to an aromatic ring is 1. The van der Waals surface area contributed by atoms with Gasteiger partial charge in [0, 0.05) is 7.05 Å². The number of nitrogens with zero attached hydrogens (tertiary/aromatic N) is 2. The second-order valence-corrected chi connectivity index (χ2v) is 2.39. The molecule has 72 valence electrons. The topological polar surface area (TPSA) is 70.1 Å². The first-order chi connectivity index (χ1) is 6.07. The van der Waals surface area contributed by atoms with Crippen molar-refractivity contribution in [1.29, 1.82) is 0 Å². The molecule has 13 heavy (non-hydrogen) atoms. The number of esters is 1. The first kappa shape index (κ1) is 9.50. The monoisotopic (exact) mass is 187 g/mol. The Morgan fingerprint density at radius 2 is 2.38 bits per heavy atom. The van der Waals surface area contributed by atoms with E-state index in [0.717, 1.165) is 4.57 Å². The van der Waals surface area contributed by atoms with Gasteiger partial charge in [-0.2, -0.15) is 4.39 Å². The summed E-state index contributed by atoms with van der Waals surface area (Å²) in [7, 11) is 1.35. The molecule has 0 aliphatic carbocycles. The molecular weight excluding hydrogens is 177 g/mol. The van der Waals surface area contributed by atoms with Crippen LogP contribution in [0.2, 0.25) is 0 Å². The minimum atomic E-state index is -0.733. The fraction of sp³-hybridized carbons (Fsp3) is 0.429. The van der Waals surface area contributed by atoms with Gasteiger partial charge < -0.3 is 10.5 Å². The fourth-order valence-corrected chi connectivity index (χ4v) is 0.878. The van der Waals surface area contributed by atoms with E-state index in [4.69, 9.17) is 5.73 Å². The molecule has 1 aromatic heterocycles. The number of hydrogen-bond donors (Lipinski definition) is 1. The van der Waals surface area contributed by atoms with E-state index in [2.05, 4.69) is 9.72 Å². The van der Waals surface area contributed by atoms with Crippen LogP contribution in [0.25, 0.3) is 0 Å². The third-order valence-corrected chi connectivity index (χ3v) is 1.51. The number of nitrogens with two attached hydrogens (primary N) is 1. The minimum absolute atomic E-state index is 0.128. The van der Waals surface area contributed by atoms with Gasteiger partial charge in [-0.3, -0.25) is 4.57 Å². The Labute approximate surface area is 74.3 Å². The van der Waals surface area contributed by atoms with Gasteiger partial charge >= 0.3 is 5.97 Å². The van der Waals surface area contributed by atoms with Crippen LogP contribution in [-0.4, -0.2) is 22.1 Å². The van der Waals surface area contributed by atoms with E-state index in [1.165, 1.54) is 7.05 Å². The predicted molar refractivity (Wildman–Crippen MR) is 43.5 cm³/mol. The highest BCUT2D eigenvalue weighted by Gasteiger charge is 2.18. The first-order valence-corrected chi connectivity index (χ1v) is 3.72. The summed E-state index contributed by atoms with van der Waals surface area (Å²) in [6.07, 6.45) is 0. The number of carbonyl (C=O) groups excluding carboxylic acids is 1. The van der Waals surface area contributed by atoms with Crippen molar-refractivity contribution in [2.45, 2.75) is 6.92 Å². The quantitative estimate of drug-likeness (QED) is 0.677. The Balaban J connectivity index is 3.01. The Bertz CT molecular complexity index is 335. The van der Waals surface area contributed by atoms with Crippen molar-refractivity contribution >= 4 is 11.8 Å². The number of carbonyl (C=O) groups is 1. The summed E-state index contributed by atoms with van der Waals surface area (Å²) in [6, 6.07) is 0. The Kier molecular flexibility index (Phi) is 2.50. The average molecular weight is 187 g/mol. The fourth-order valence-electron chi connectivity index (χ4n) is 0.878. The van der Waals surface area contributed by atoms with Crippen LogP contribution in [-0.2, 0) is 11.8 Å². The van der Waals surface area contributed by atoms with Gasteiger partial charge in [-0.25, -0.2) is 9.78 Å². The maximum atomic E-state index is 12.9. The summed E-state index contributed by atoms with van der Waals surface area (Å²) in [5.41, 5.74) is 5.16. The molecule has 0 amide bonds. The van der Waals surface area contributed by atoms with Crippen molar-refractivity contribution in [2.75, 3.05) is 12.3 Å². The lowest BCUT2D eigenvalue weighted by atomic mass is 10.6. The van der Waals surface area contributed by atoms with Gasteiger partial charge in [0.2, 0.25) is 11.8 Å². The average Bonchev–Trinajstić information content (AvgIpc) is 2.33. The van der Waals surface area contributed by atoms with Crippen LogP contribution in [0.5, 0.6) is 0 Å². The molecular formula is C7H10FN3O2. The molecule has 0 saturated heterocycles. The van der Waals surface area contributed by atoms with E-state index in [1.54, 1.807) is 6.92 Å². The maximum Gasteiger partial charge on any atom is 0.374 e. The second-order valence-electron chi connectivity index (χ2n) is 2.39. The van der Waals surface area contributed by atoms with E-state index in [9.17, 15) is 9.18 Å². The highest BCUT2D eigenvalue weighted by Crippen LogP contribution is 2.10. The normalized spacial score (nSPS) is 10.1. The molecule has 1 heterocycles. The number of ether oxygens (including phenoxy) is 1. The van der Waals surface area contributed by atoms with Crippen molar-refractivity contribution in [3.63, 3.8) is 0 Å². The molecule has 0 saturated carbocycles. The van der Waals surface area contributed by atoms with Gasteiger partial charge in [-0.1, -0.05) is 0 Å². The predicted octanol–water partition coefficient (Wildman–Crippen LogP) is 0.318. The van der Waals surface area contributed by atoms with Gasteiger partial charge in [-0.15, -0.1) is 0 Å². The molecule has 2 N–H and O–H groups in total. The summed E-state index contributed by atoms with van der Waals surface area (Å²) in [5.74, 6) is -1.84. The van der Waals surface area contributed by atoms with Crippen molar-refractivity contribution in [2.24, 2.45) is 7.05 Å². The summed E-state index contributed by atoms with van der Waals surface area (Å²) in [4.78, 5) is 14.6. The number of aromatic nitrogens is 2. The smallest absolute Gasteiger partial charge is 0.374 e. The van der Waals surface area contributed by atoms with Crippen LogP contribution >= 0.6 is 0 Å². The molecule has 0 fully saturated rings. The highest BCUT2D eigenvalue weighted by atomic mass is 19.1. The third-order valence-electron chi connectivity index (χ3n) is 1.51. The first-order valence-electron chi connectivity index (χ1n) is 3.72. The van der Waals surface area contributed by atoms with Gasteiger partial charge in [0.05, 0.1) is 6.61 Å². The highest BCUT2D eigenvalue weighted by molar-refractivity contribution is 5.86. The molecule has 0 atom stereocenters. The van der Waals surface area contributed by atoms with Crippen LogP contribution in [0.3, 0.4) is 0 Å². The van der Waals surface area contributed by atoms with E-state index >= 15 is 0 Å². The number of imidazole rings is 1. The lowest BCUT2D eigenvalue weighted by molar-refractivity contribution is 0.0506. The molecule has 0 bridgehead atoms. The van der Waals surface area contributed by atoms with E-state index < -0.39 is 11.9 Å². The Morgan fingerprint density at radius 3 is 2.77 bits per heavy atom. The van der Waals surface area contributed by atoms with E-state index in [0.29, 0.717) is 0 Å². The molecule has 0 spiro atoms. The molecule has 5 nitrogen and oxygen atoms in total. The molecule has 1 aromatic rings. The van der Waals surface area contributed by atoms with E-state index in [-0.39, 0.29) is 18.2 Å². The Hall–Kier alpha value is -1.59. The van der Waals surface area contributed by atoms with Crippen molar-refractivity contribution in [1.82, 2.24) is 9.55 Å². The zero-order valence-corrected chi connectivity index (χ0v) is 7.37. The molecule has 0 aromatic carbocycles. The standard InChI is InChI=1S/C7H10FN3O2/c1-3-13-7(12)6-10-5(9)4(8)11(6)2/h3,9H2,1-2H3. The lowest BCUT2D eigenvalue weighted by Gasteiger charge is -2.00. The van der Waals surface area contributed by atoms with Gasteiger partial charge in [-0.05, 0) is 6.92 Å². The number of halogens is 1. The van der Waals surface area contributed by atoms with Crippen molar-refractivity contribution in [3.8, 4) is 0 Å². The van der Waals surface area contributed by atoms with Crippen LogP contribution in [0, 0.1) is 5.95 Å². The summed E-state index contributed by atoms with van der Waals surface area (Å²) >= 11 is 0. The molecule has 1 rings (SSSR count). The van der Waals surface area contributed by atoms with E-state index in [1.807, 2.05) is 0 Å². The number of anilines is 1. The van der Waals surface area contributed by atoms with Crippen LogP contribution in [0.1, 0.15) is 17.5 Å². The maximum absolute atomic E-state index is 12.9. The molecule has 0 radical (unpaired) electrons. The van der Waals surface area contributed by atoms with Crippen LogP contribution in [0.15, 0.2) is 0 Å². The number of hydrogen-bond acceptors (Lipinski definition) is 4. The molecule has 0 aliphatic heterocycles. The van der Waals surface area contributed by atoms with Gasteiger partial charge in [0.15, 0.2) is 5.82 Å². The molecule has 0 aliphatic rings. The lowest BCUT2D eigenvalue weighted by Crippen LogP contribution is -2.11. The van der Waals surface area contributed by atoms with Crippen molar-refractivity contribution < 1.29 is 13.9 Å². The molecule has 6 heteroatoms. The van der Waals surface area contributed by atoms with Crippen LogP contribution < -0.4 is 5.73 Å². The van der Waals surface area contributed by atoms with Gasteiger partial charge in [0.25, 0.3) is 0 Å². The summed E-state index contributed by atoms with van der Waals surface area (Å²) < 4.78 is 18.5. The summed E-state index contributed by atoms with van der Waals surface area (Å²) in [5, 5.41) is 0. The zero-order valence-electron chi connectivity index (χ0n) is 7.37. The van der Waals surface area contributed by atoms with Crippen LogP contribution in [0.4, 0.5) is 10.2 Å². The second kappa shape index (κ2) is 3.42. The Morgan fingerprint density at radius 1 is 1.77 bits per heavy atom. The SMILES string of the molecule is CCOC(=O)c1nc(N)c(F)n1C. The van der Waals surface area contributed by atoms with Crippen molar-refractivity contribution in [3.05, 3.63) is 11.8 Å². The largest absolute Gasteiger partial charge is 0.460 e. The molecule has 0 unspecified atom stereocenters. The van der Waals surface area contributed by atoms with Gasteiger partial charge in [0.1, 0.15) is 0 Å².